The highest BCUT2D eigenvalue weighted by Crippen LogP contribution is 2.51. The van der Waals surface area contributed by atoms with Crippen LogP contribution >= 0.6 is 0 Å². The standard InChI is InChI=1S/C21H18FN3O3/c22-15-3-1-14(2-4-15)18-5-6-19-25(18)20(26)21(28-19)8-17(9-21)27-16-7-13(10-23)11-24-12-16/h1-4,7,11-12,17-19H,5-6,8-9H2/t17?,18-,19+,21?/m0/s1. The minimum Gasteiger partial charge on any atom is -0.489 e. The number of pyridine rings is 1. The van der Waals surface area contributed by atoms with E-state index in [-0.39, 0.29) is 30.1 Å². The summed E-state index contributed by atoms with van der Waals surface area (Å²) in [5.41, 5.74) is 0.542. The molecule has 3 aliphatic rings. The van der Waals surface area contributed by atoms with E-state index < -0.39 is 5.60 Å². The van der Waals surface area contributed by atoms with Gasteiger partial charge < -0.3 is 14.4 Å². The Morgan fingerprint density at radius 3 is 2.79 bits per heavy atom. The summed E-state index contributed by atoms with van der Waals surface area (Å²) >= 11 is 0. The van der Waals surface area contributed by atoms with E-state index in [1.54, 1.807) is 24.4 Å². The van der Waals surface area contributed by atoms with Crippen LogP contribution in [0, 0.1) is 17.1 Å². The van der Waals surface area contributed by atoms with Crippen molar-refractivity contribution in [2.45, 2.75) is 49.7 Å². The fourth-order valence-electron chi connectivity index (χ4n) is 4.49. The Bertz CT molecular complexity index is 966. The summed E-state index contributed by atoms with van der Waals surface area (Å²) in [7, 11) is 0. The summed E-state index contributed by atoms with van der Waals surface area (Å²) < 4.78 is 25.3. The van der Waals surface area contributed by atoms with Gasteiger partial charge in [0.2, 0.25) is 0 Å². The molecule has 1 aromatic carbocycles. The number of amides is 1. The third-order valence-electron chi connectivity index (χ3n) is 5.83. The molecule has 3 heterocycles. The number of nitriles is 1. The molecule has 2 saturated heterocycles. The molecule has 1 spiro atoms. The first-order valence-electron chi connectivity index (χ1n) is 9.36. The van der Waals surface area contributed by atoms with Gasteiger partial charge in [-0.15, -0.1) is 0 Å². The summed E-state index contributed by atoms with van der Waals surface area (Å²) in [6.45, 7) is 0. The molecule has 6 nitrogen and oxygen atoms in total. The van der Waals surface area contributed by atoms with Crippen LogP contribution in [0.2, 0.25) is 0 Å². The summed E-state index contributed by atoms with van der Waals surface area (Å²) in [6.07, 6.45) is 5.20. The lowest BCUT2D eigenvalue weighted by Crippen LogP contribution is -2.56. The molecule has 2 aromatic rings. The molecule has 5 rings (SSSR count). The first-order valence-corrected chi connectivity index (χ1v) is 9.36. The van der Waals surface area contributed by atoms with Gasteiger partial charge in [-0.1, -0.05) is 12.1 Å². The highest BCUT2D eigenvalue weighted by molar-refractivity contribution is 5.89. The van der Waals surface area contributed by atoms with Crippen molar-refractivity contribution in [2.24, 2.45) is 0 Å². The molecule has 1 amide bonds. The van der Waals surface area contributed by atoms with Crippen molar-refractivity contribution in [3.05, 3.63) is 59.7 Å². The van der Waals surface area contributed by atoms with Crippen molar-refractivity contribution in [3.63, 3.8) is 0 Å². The monoisotopic (exact) mass is 379 g/mol. The number of carbonyl (C=O) groups is 1. The van der Waals surface area contributed by atoms with Crippen LogP contribution in [0.4, 0.5) is 4.39 Å². The van der Waals surface area contributed by atoms with Crippen LogP contribution in [-0.2, 0) is 9.53 Å². The molecule has 7 heteroatoms. The van der Waals surface area contributed by atoms with Gasteiger partial charge in [-0.2, -0.15) is 5.26 Å². The molecule has 3 fully saturated rings. The highest BCUT2D eigenvalue weighted by Gasteiger charge is 2.63. The second kappa shape index (κ2) is 6.28. The number of hydrogen-bond acceptors (Lipinski definition) is 5. The molecule has 1 aliphatic carbocycles. The number of ether oxygens (including phenoxy) is 2. The second-order valence-electron chi connectivity index (χ2n) is 7.59. The summed E-state index contributed by atoms with van der Waals surface area (Å²) in [5.74, 6) is 0.231. The summed E-state index contributed by atoms with van der Waals surface area (Å²) in [4.78, 5) is 19.0. The fraction of sp³-hybridized carbons (Fsp3) is 0.381. The van der Waals surface area contributed by atoms with Crippen LogP contribution in [0.25, 0.3) is 0 Å². The zero-order valence-corrected chi connectivity index (χ0v) is 15.0. The van der Waals surface area contributed by atoms with Crippen LogP contribution in [0.3, 0.4) is 0 Å². The van der Waals surface area contributed by atoms with E-state index in [4.69, 9.17) is 14.7 Å². The number of fused-ring (bicyclic) bond motifs is 1. The van der Waals surface area contributed by atoms with Crippen molar-refractivity contribution < 1.29 is 18.7 Å². The maximum Gasteiger partial charge on any atom is 0.257 e. The normalized spacial score (nSPS) is 30.8. The number of aromatic nitrogens is 1. The molecular formula is C21H18FN3O3. The molecule has 1 saturated carbocycles. The Morgan fingerprint density at radius 1 is 1.25 bits per heavy atom. The highest BCUT2D eigenvalue weighted by atomic mass is 19.1. The van der Waals surface area contributed by atoms with Gasteiger partial charge in [-0.3, -0.25) is 9.78 Å². The number of nitrogens with zero attached hydrogens (tertiary/aromatic N) is 3. The van der Waals surface area contributed by atoms with E-state index in [9.17, 15) is 9.18 Å². The third-order valence-corrected chi connectivity index (χ3v) is 5.83. The first-order chi connectivity index (χ1) is 13.6. The molecule has 142 valence electrons. The molecule has 1 aromatic heterocycles. The van der Waals surface area contributed by atoms with Crippen molar-refractivity contribution in [1.29, 1.82) is 5.26 Å². The number of rotatable bonds is 3. The van der Waals surface area contributed by atoms with Gasteiger partial charge in [0.15, 0.2) is 5.60 Å². The lowest BCUT2D eigenvalue weighted by Gasteiger charge is -2.42. The predicted molar refractivity (Wildman–Crippen MR) is 95.4 cm³/mol. The van der Waals surface area contributed by atoms with E-state index in [0.29, 0.717) is 24.2 Å². The number of halogens is 1. The minimum atomic E-state index is -0.825. The van der Waals surface area contributed by atoms with Gasteiger partial charge in [0.25, 0.3) is 5.91 Å². The van der Waals surface area contributed by atoms with Gasteiger partial charge in [0.1, 0.15) is 30.0 Å². The fourth-order valence-corrected chi connectivity index (χ4v) is 4.49. The Labute approximate surface area is 161 Å². The van der Waals surface area contributed by atoms with E-state index in [1.807, 2.05) is 11.0 Å². The Kier molecular flexibility index (Phi) is 3.84. The zero-order valence-electron chi connectivity index (χ0n) is 15.0. The predicted octanol–water partition coefficient (Wildman–Crippen LogP) is 3.09. The number of carbonyl (C=O) groups excluding carboxylic acids is 1. The molecule has 0 unspecified atom stereocenters. The Balaban J connectivity index is 1.28. The molecule has 28 heavy (non-hydrogen) atoms. The molecule has 2 aliphatic heterocycles. The van der Waals surface area contributed by atoms with E-state index in [1.165, 1.54) is 18.3 Å². The van der Waals surface area contributed by atoms with Crippen LogP contribution in [0.1, 0.15) is 42.9 Å². The van der Waals surface area contributed by atoms with Crippen LogP contribution in [0.5, 0.6) is 5.75 Å². The van der Waals surface area contributed by atoms with Crippen LogP contribution in [-0.4, -0.2) is 33.7 Å². The quantitative estimate of drug-likeness (QED) is 0.819. The van der Waals surface area contributed by atoms with Gasteiger partial charge in [-0.05, 0) is 30.5 Å². The van der Waals surface area contributed by atoms with Crippen molar-refractivity contribution >= 4 is 5.91 Å². The first kappa shape index (κ1) is 17.1. The molecule has 0 bridgehead atoms. The maximum absolute atomic E-state index is 13.2. The molecule has 0 radical (unpaired) electrons. The lowest BCUT2D eigenvalue weighted by atomic mass is 9.76. The van der Waals surface area contributed by atoms with Gasteiger partial charge in [0.05, 0.1) is 17.8 Å². The van der Waals surface area contributed by atoms with Gasteiger partial charge in [0, 0.05) is 25.1 Å². The Morgan fingerprint density at radius 2 is 2.04 bits per heavy atom. The van der Waals surface area contributed by atoms with Crippen molar-refractivity contribution in [2.75, 3.05) is 0 Å². The SMILES string of the molecule is N#Cc1cncc(OC2CC3(C2)O[C@@H]2CC[C@@H](c4ccc(F)cc4)N2C3=O)c1. The summed E-state index contributed by atoms with van der Waals surface area (Å²) in [5, 5.41) is 8.96. The summed E-state index contributed by atoms with van der Waals surface area (Å²) in [6, 6.07) is 9.92. The molecule has 2 atom stereocenters. The van der Waals surface area contributed by atoms with E-state index in [2.05, 4.69) is 4.98 Å². The van der Waals surface area contributed by atoms with Crippen LogP contribution < -0.4 is 4.74 Å². The van der Waals surface area contributed by atoms with Crippen molar-refractivity contribution in [3.8, 4) is 11.8 Å². The number of benzene rings is 1. The lowest BCUT2D eigenvalue weighted by molar-refractivity contribution is -0.162. The average molecular weight is 379 g/mol. The third kappa shape index (κ3) is 2.64. The Hall–Kier alpha value is -2.98. The van der Waals surface area contributed by atoms with Crippen molar-refractivity contribution in [1.82, 2.24) is 9.88 Å². The maximum atomic E-state index is 13.2. The topological polar surface area (TPSA) is 75.5 Å². The van der Waals surface area contributed by atoms with E-state index >= 15 is 0 Å². The number of hydrogen-bond donors (Lipinski definition) is 0. The smallest absolute Gasteiger partial charge is 0.257 e. The van der Waals surface area contributed by atoms with Crippen LogP contribution in [0.15, 0.2) is 42.7 Å². The average Bonchev–Trinajstić information content (AvgIpc) is 3.21. The largest absolute Gasteiger partial charge is 0.489 e. The zero-order chi connectivity index (χ0) is 19.3. The molecule has 0 N–H and O–H groups in total. The minimum absolute atomic E-state index is 0.00641. The second-order valence-corrected chi connectivity index (χ2v) is 7.59. The molecular weight excluding hydrogens is 361 g/mol. The van der Waals surface area contributed by atoms with E-state index in [0.717, 1.165) is 18.4 Å². The van der Waals surface area contributed by atoms with Gasteiger partial charge in [-0.25, -0.2) is 4.39 Å². The van der Waals surface area contributed by atoms with Gasteiger partial charge >= 0.3 is 0 Å².